The number of nitrogens with zero attached hydrogens (tertiary/aromatic N) is 2. The van der Waals surface area contributed by atoms with Gasteiger partial charge in [-0.2, -0.15) is 0 Å². The zero-order valence-corrected chi connectivity index (χ0v) is 14.7. The van der Waals surface area contributed by atoms with E-state index in [1.165, 1.54) is 7.11 Å². The van der Waals surface area contributed by atoms with Gasteiger partial charge in [0, 0.05) is 18.2 Å². The smallest absolute Gasteiger partial charge is 0.248 e. The number of aliphatic imine (C=N–C) groups is 1. The van der Waals surface area contributed by atoms with E-state index < -0.39 is 0 Å². The minimum atomic E-state index is -0.127. The number of hydrogen-bond acceptors (Lipinski definition) is 5. The van der Waals surface area contributed by atoms with E-state index in [4.69, 9.17) is 14.2 Å². The van der Waals surface area contributed by atoms with Crippen molar-refractivity contribution in [3.05, 3.63) is 47.5 Å². The van der Waals surface area contributed by atoms with Gasteiger partial charge in [0.05, 0.1) is 32.7 Å². The Hall–Kier alpha value is -3.02. The normalized spacial score (nSPS) is 13.7. The summed E-state index contributed by atoms with van der Waals surface area (Å²) < 4.78 is 16.5. The number of likely N-dealkylation sites (N-methyl/N-ethyl adjacent to an activating group) is 1. The highest BCUT2D eigenvalue weighted by Crippen LogP contribution is 2.47. The zero-order chi connectivity index (χ0) is 18.0. The molecule has 6 heteroatoms. The third-order valence-electron chi connectivity index (χ3n) is 4.19. The van der Waals surface area contributed by atoms with Gasteiger partial charge in [0.2, 0.25) is 11.7 Å². The average molecular weight is 340 g/mol. The Bertz CT molecular complexity index is 831. The van der Waals surface area contributed by atoms with Crippen LogP contribution in [-0.4, -0.2) is 46.5 Å². The lowest BCUT2D eigenvalue weighted by atomic mass is 9.98. The molecule has 2 aromatic carbocycles. The van der Waals surface area contributed by atoms with Gasteiger partial charge in [0.15, 0.2) is 11.5 Å². The topological polar surface area (TPSA) is 60.4 Å². The molecule has 0 fully saturated rings. The molecule has 25 heavy (non-hydrogen) atoms. The minimum Gasteiger partial charge on any atom is -0.493 e. The number of amides is 1. The molecule has 0 spiro atoms. The lowest BCUT2D eigenvalue weighted by Gasteiger charge is -2.24. The number of anilines is 1. The van der Waals surface area contributed by atoms with Gasteiger partial charge < -0.3 is 19.1 Å². The van der Waals surface area contributed by atoms with Crippen molar-refractivity contribution in [2.24, 2.45) is 4.99 Å². The third kappa shape index (κ3) is 2.80. The van der Waals surface area contributed by atoms with Crippen molar-refractivity contribution in [2.45, 2.75) is 0 Å². The summed E-state index contributed by atoms with van der Waals surface area (Å²) in [7, 11) is 6.35. The molecule has 1 amide bonds. The first kappa shape index (κ1) is 16.8. The SMILES string of the molecule is COc1cc2c(c(OC)c1OC)N(C)C(=O)CN=C2c1ccccc1. The van der Waals surface area contributed by atoms with E-state index in [0.29, 0.717) is 28.6 Å². The van der Waals surface area contributed by atoms with E-state index in [0.717, 1.165) is 11.1 Å². The summed E-state index contributed by atoms with van der Waals surface area (Å²) in [5, 5.41) is 0. The second-order valence-electron chi connectivity index (χ2n) is 5.53. The Morgan fingerprint density at radius 3 is 2.28 bits per heavy atom. The summed E-state index contributed by atoms with van der Waals surface area (Å²) in [6.45, 7) is 0.0587. The van der Waals surface area contributed by atoms with Crippen molar-refractivity contribution in [1.82, 2.24) is 0 Å². The first-order chi connectivity index (χ1) is 12.1. The first-order valence-corrected chi connectivity index (χ1v) is 7.82. The molecule has 0 radical (unpaired) electrons. The average Bonchev–Trinajstić information content (AvgIpc) is 2.78. The number of ether oxygens (including phenoxy) is 3. The van der Waals surface area contributed by atoms with Crippen molar-refractivity contribution >= 4 is 17.3 Å². The number of carbonyl (C=O) groups is 1. The minimum absolute atomic E-state index is 0.0587. The molecule has 1 aliphatic heterocycles. The molecule has 0 atom stereocenters. The molecular weight excluding hydrogens is 320 g/mol. The molecule has 0 aliphatic carbocycles. The molecule has 1 aliphatic rings. The number of hydrogen-bond donors (Lipinski definition) is 0. The summed E-state index contributed by atoms with van der Waals surface area (Å²) in [4.78, 5) is 18.6. The van der Waals surface area contributed by atoms with Crippen LogP contribution >= 0.6 is 0 Å². The standard InChI is InChI=1S/C19H20N2O4/c1-21-15(22)11-20-16(12-8-6-5-7-9-12)13-10-14(23-2)18(24-3)19(25-4)17(13)21/h5-10H,11H2,1-4H3. The summed E-state index contributed by atoms with van der Waals surface area (Å²) in [6.07, 6.45) is 0. The van der Waals surface area contributed by atoms with Crippen molar-refractivity contribution in [2.75, 3.05) is 39.8 Å². The maximum absolute atomic E-state index is 12.5. The van der Waals surface area contributed by atoms with Crippen molar-refractivity contribution in [1.29, 1.82) is 0 Å². The molecule has 1 heterocycles. The van der Waals surface area contributed by atoms with Crippen molar-refractivity contribution < 1.29 is 19.0 Å². The Morgan fingerprint density at radius 2 is 1.68 bits per heavy atom. The fourth-order valence-electron chi connectivity index (χ4n) is 2.96. The van der Waals surface area contributed by atoms with Crippen LogP contribution in [0.1, 0.15) is 11.1 Å². The van der Waals surface area contributed by atoms with Crippen LogP contribution in [0.5, 0.6) is 17.2 Å². The third-order valence-corrected chi connectivity index (χ3v) is 4.19. The second kappa shape index (κ2) is 6.84. The van der Waals surface area contributed by atoms with E-state index in [1.807, 2.05) is 36.4 Å². The molecule has 130 valence electrons. The molecule has 6 nitrogen and oxygen atoms in total. The fraction of sp³-hybridized carbons (Fsp3) is 0.263. The largest absolute Gasteiger partial charge is 0.493 e. The Kier molecular flexibility index (Phi) is 4.61. The molecule has 2 aromatic rings. The number of benzodiazepines with no additional fused rings is 1. The first-order valence-electron chi connectivity index (χ1n) is 7.82. The number of rotatable bonds is 4. The van der Waals surface area contributed by atoms with Gasteiger partial charge in [-0.25, -0.2) is 0 Å². The van der Waals surface area contributed by atoms with Crippen LogP contribution in [0.3, 0.4) is 0 Å². The summed E-state index contributed by atoms with van der Waals surface area (Å²) in [5.41, 5.74) is 3.01. The maximum Gasteiger partial charge on any atom is 0.248 e. The van der Waals surface area contributed by atoms with Gasteiger partial charge in [-0.15, -0.1) is 0 Å². The van der Waals surface area contributed by atoms with Gasteiger partial charge in [0.25, 0.3) is 0 Å². The second-order valence-corrected chi connectivity index (χ2v) is 5.53. The fourth-order valence-corrected chi connectivity index (χ4v) is 2.96. The Labute approximate surface area is 146 Å². The highest BCUT2D eigenvalue weighted by Gasteiger charge is 2.30. The maximum atomic E-state index is 12.5. The van der Waals surface area contributed by atoms with Crippen LogP contribution in [0.25, 0.3) is 0 Å². The predicted molar refractivity (Wildman–Crippen MR) is 96.5 cm³/mol. The highest BCUT2D eigenvalue weighted by atomic mass is 16.5. The molecule has 0 saturated carbocycles. The lowest BCUT2D eigenvalue weighted by molar-refractivity contribution is -0.116. The summed E-state index contributed by atoms with van der Waals surface area (Å²) >= 11 is 0. The van der Waals surface area contributed by atoms with E-state index >= 15 is 0 Å². The summed E-state index contributed by atoms with van der Waals surface area (Å²) in [6, 6.07) is 11.6. The molecule has 0 aromatic heterocycles. The van der Waals surface area contributed by atoms with Crippen LogP contribution in [-0.2, 0) is 4.79 Å². The van der Waals surface area contributed by atoms with Gasteiger partial charge in [-0.3, -0.25) is 9.79 Å². The van der Waals surface area contributed by atoms with E-state index in [9.17, 15) is 4.79 Å². The summed E-state index contributed by atoms with van der Waals surface area (Å²) in [5.74, 6) is 1.28. The predicted octanol–water partition coefficient (Wildman–Crippen LogP) is 2.53. The monoisotopic (exact) mass is 340 g/mol. The van der Waals surface area contributed by atoms with E-state index in [2.05, 4.69) is 4.99 Å². The Balaban J connectivity index is 2.36. The van der Waals surface area contributed by atoms with Crippen LogP contribution in [0.15, 0.2) is 41.4 Å². The lowest BCUT2D eigenvalue weighted by Crippen LogP contribution is -2.28. The molecule has 0 unspecified atom stereocenters. The van der Waals surface area contributed by atoms with Crippen LogP contribution < -0.4 is 19.1 Å². The number of fused-ring (bicyclic) bond motifs is 1. The van der Waals surface area contributed by atoms with Crippen LogP contribution in [0, 0.1) is 0 Å². The number of carbonyl (C=O) groups excluding carboxylic acids is 1. The molecule has 0 bridgehead atoms. The Morgan fingerprint density at radius 1 is 1.00 bits per heavy atom. The molecular formula is C19H20N2O4. The van der Waals surface area contributed by atoms with Gasteiger partial charge in [-0.05, 0) is 6.07 Å². The highest BCUT2D eigenvalue weighted by molar-refractivity contribution is 6.20. The van der Waals surface area contributed by atoms with E-state index in [-0.39, 0.29) is 12.5 Å². The van der Waals surface area contributed by atoms with Gasteiger partial charge >= 0.3 is 0 Å². The van der Waals surface area contributed by atoms with Crippen molar-refractivity contribution in [3.63, 3.8) is 0 Å². The van der Waals surface area contributed by atoms with Crippen LogP contribution in [0.4, 0.5) is 5.69 Å². The quantitative estimate of drug-likeness (QED) is 0.858. The van der Waals surface area contributed by atoms with Gasteiger partial charge in [-0.1, -0.05) is 30.3 Å². The molecule has 3 rings (SSSR count). The zero-order valence-electron chi connectivity index (χ0n) is 14.7. The number of benzene rings is 2. The van der Waals surface area contributed by atoms with Crippen LogP contribution in [0.2, 0.25) is 0 Å². The van der Waals surface area contributed by atoms with E-state index in [1.54, 1.807) is 26.2 Å². The molecule has 0 N–H and O–H groups in total. The van der Waals surface area contributed by atoms with Gasteiger partial charge in [0.1, 0.15) is 6.54 Å². The van der Waals surface area contributed by atoms with Crippen molar-refractivity contribution in [3.8, 4) is 17.2 Å². The molecule has 0 saturated heterocycles. The number of methoxy groups -OCH3 is 3.